The van der Waals surface area contributed by atoms with Gasteiger partial charge in [-0.2, -0.15) is 5.10 Å². The molecule has 2 amide bonds. The van der Waals surface area contributed by atoms with E-state index in [2.05, 4.69) is 15.7 Å². The number of nitrogens with one attached hydrogen (secondary N) is 2. The molecule has 1 saturated heterocycles. The monoisotopic (exact) mass is 395 g/mol. The van der Waals surface area contributed by atoms with Gasteiger partial charge in [0.25, 0.3) is 0 Å². The molecule has 1 aromatic carbocycles. The zero-order valence-electron chi connectivity index (χ0n) is 14.4. The van der Waals surface area contributed by atoms with Gasteiger partial charge < -0.3 is 20.6 Å². The number of carbonyl (C=O) groups is 2. The fourth-order valence-electron chi connectivity index (χ4n) is 2.85. The molecule has 3 rings (SSSR count). The van der Waals surface area contributed by atoms with E-state index in [4.69, 9.17) is 16.7 Å². The highest BCUT2D eigenvalue weighted by molar-refractivity contribution is 6.31. The van der Waals surface area contributed by atoms with E-state index in [-0.39, 0.29) is 36.5 Å². The van der Waals surface area contributed by atoms with Crippen LogP contribution in [0.15, 0.2) is 30.6 Å². The third-order valence-electron chi connectivity index (χ3n) is 4.13. The second kappa shape index (κ2) is 8.36. The van der Waals surface area contributed by atoms with Crippen molar-refractivity contribution in [3.05, 3.63) is 41.4 Å². The van der Waals surface area contributed by atoms with Gasteiger partial charge in [-0.1, -0.05) is 11.6 Å². The van der Waals surface area contributed by atoms with Crippen LogP contribution >= 0.6 is 11.6 Å². The van der Waals surface area contributed by atoms with Crippen LogP contribution in [0.25, 0.3) is 0 Å². The van der Waals surface area contributed by atoms with E-state index in [0.717, 1.165) is 0 Å². The number of nitrogens with zero attached hydrogens (tertiary/aromatic N) is 3. The summed E-state index contributed by atoms with van der Waals surface area (Å²) >= 11 is 5.80. The summed E-state index contributed by atoms with van der Waals surface area (Å²) in [5, 5.41) is 18.4. The Bertz CT molecular complexity index is 844. The second-order valence-corrected chi connectivity index (χ2v) is 6.48. The lowest BCUT2D eigenvalue weighted by atomic mass is 10.2. The molecule has 1 fully saturated rings. The van der Waals surface area contributed by atoms with Gasteiger partial charge in [0, 0.05) is 25.0 Å². The second-order valence-electron chi connectivity index (χ2n) is 6.07. The van der Waals surface area contributed by atoms with E-state index in [1.807, 2.05) is 0 Å². The molecule has 0 saturated carbocycles. The van der Waals surface area contributed by atoms with E-state index in [1.54, 1.807) is 11.1 Å². The number of hydrogen-bond donors (Lipinski definition) is 3. The topological polar surface area (TPSA) is 99.5 Å². The van der Waals surface area contributed by atoms with E-state index in [0.29, 0.717) is 24.3 Å². The van der Waals surface area contributed by atoms with Crippen molar-refractivity contribution in [2.45, 2.75) is 19.0 Å². The normalized spacial score (nSPS) is 16.6. The molecule has 1 atom stereocenters. The zero-order chi connectivity index (χ0) is 19.4. The Morgan fingerprint density at radius 1 is 1.44 bits per heavy atom. The van der Waals surface area contributed by atoms with Gasteiger partial charge in [-0.05, 0) is 24.6 Å². The number of aliphatic hydroxyl groups excluding tert-OH is 1. The SMILES string of the molecule is O=C(Cn1cc(NC2CCN(c3ccc(F)c(Cl)c3)C2=O)cn1)NCCO. The van der Waals surface area contributed by atoms with E-state index < -0.39 is 11.9 Å². The quantitative estimate of drug-likeness (QED) is 0.649. The molecule has 8 nitrogen and oxygen atoms in total. The summed E-state index contributed by atoms with van der Waals surface area (Å²) in [5.74, 6) is -0.946. The van der Waals surface area contributed by atoms with Crippen molar-refractivity contribution in [1.82, 2.24) is 15.1 Å². The standard InChI is InChI=1S/C17H19ClFN5O3/c18-13-7-12(1-2-14(13)19)24-5-3-15(17(24)27)22-11-8-21-23(9-11)10-16(26)20-4-6-25/h1-2,7-9,15,22,25H,3-6,10H2,(H,20,26). The molecular formula is C17H19ClFN5O3. The Hall–Kier alpha value is -2.65. The zero-order valence-corrected chi connectivity index (χ0v) is 15.1. The minimum atomic E-state index is -0.530. The Morgan fingerprint density at radius 3 is 3.00 bits per heavy atom. The van der Waals surface area contributed by atoms with Crippen molar-refractivity contribution < 1.29 is 19.1 Å². The van der Waals surface area contributed by atoms with Crippen LogP contribution < -0.4 is 15.5 Å². The van der Waals surface area contributed by atoms with Gasteiger partial charge in [-0.25, -0.2) is 4.39 Å². The molecule has 1 aromatic heterocycles. The highest BCUT2D eigenvalue weighted by Crippen LogP contribution is 2.27. The van der Waals surface area contributed by atoms with Crippen molar-refractivity contribution in [3.63, 3.8) is 0 Å². The van der Waals surface area contributed by atoms with Crippen LogP contribution in [0.1, 0.15) is 6.42 Å². The fourth-order valence-corrected chi connectivity index (χ4v) is 3.02. The lowest BCUT2D eigenvalue weighted by Gasteiger charge is -2.17. The third-order valence-corrected chi connectivity index (χ3v) is 4.42. The smallest absolute Gasteiger partial charge is 0.249 e. The molecule has 1 unspecified atom stereocenters. The molecule has 0 bridgehead atoms. The van der Waals surface area contributed by atoms with Gasteiger partial charge in [0.15, 0.2) is 0 Å². The molecule has 0 aliphatic carbocycles. The number of hydrogen-bond acceptors (Lipinski definition) is 5. The van der Waals surface area contributed by atoms with Crippen LogP contribution in [-0.2, 0) is 16.1 Å². The minimum absolute atomic E-state index is 0.0144. The van der Waals surface area contributed by atoms with Gasteiger partial charge >= 0.3 is 0 Å². The number of halogens is 2. The summed E-state index contributed by atoms with van der Waals surface area (Å²) < 4.78 is 14.7. The minimum Gasteiger partial charge on any atom is -0.395 e. The number of aromatic nitrogens is 2. The first-order valence-electron chi connectivity index (χ1n) is 8.41. The van der Waals surface area contributed by atoms with E-state index in [1.165, 1.54) is 29.1 Å². The molecule has 1 aliphatic rings. The Morgan fingerprint density at radius 2 is 2.26 bits per heavy atom. The molecule has 0 spiro atoms. The Labute approximate surface area is 159 Å². The summed E-state index contributed by atoms with van der Waals surface area (Å²) in [6.45, 7) is 0.554. The first-order valence-corrected chi connectivity index (χ1v) is 8.78. The average Bonchev–Trinajstić information content (AvgIpc) is 3.23. The molecule has 2 heterocycles. The van der Waals surface area contributed by atoms with Crippen LogP contribution in [-0.4, -0.2) is 52.4 Å². The summed E-state index contributed by atoms with van der Waals surface area (Å²) in [4.78, 5) is 25.8. The molecular weight excluding hydrogens is 377 g/mol. The molecule has 1 aliphatic heterocycles. The van der Waals surface area contributed by atoms with Crippen molar-refractivity contribution in [3.8, 4) is 0 Å². The highest BCUT2D eigenvalue weighted by atomic mass is 35.5. The number of carbonyl (C=O) groups excluding carboxylic acids is 2. The van der Waals surface area contributed by atoms with Gasteiger partial charge in [0.1, 0.15) is 18.4 Å². The van der Waals surface area contributed by atoms with Crippen LogP contribution in [0.2, 0.25) is 5.02 Å². The first kappa shape index (κ1) is 19.1. The van der Waals surface area contributed by atoms with Crippen molar-refractivity contribution in [2.75, 3.05) is 29.9 Å². The van der Waals surface area contributed by atoms with Gasteiger partial charge in [0.2, 0.25) is 11.8 Å². The summed E-state index contributed by atoms with van der Waals surface area (Å²) in [6, 6.07) is 3.73. The Kier molecular flexibility index (Phi) is 5.92. The van der Waals surface area contributed by atoms with Crippen LogP contribution in [0, 0.1) is 5.82 Å². The van der Waals surface area contributed by atoms with Crippen molar-refractivity contribution in [2.24, 2.45) is 0 Å². The molecule has 27 heavy (non-hydrogen) atoms. The number of anilines is 2. The summed E-state index contributed by atoms with van der Waals surface area (Å²) in [5.41, 5.74) is 1.16. The molecule has 3 N–H and O–H groups in total. The maximum absolute atomic E-state index is 13.3. The number of amides is 2. The maximum Gasteiger partial charge on any atom is 0.249 e. The van der Waals surface area contributed by atoms with Crippen LogP contribution in [0.4, 0.5) is 15.8 Å². The van der Waals surface area contributed by atoms with E-state index in [9.17, 15) is 14.0 Å². The lowest BCUT2D eigenvalue weighted by molar-refractivity contribution is -0.122. The predicted molar refractivity (Wildman–Crippen MR) is 98.1 cm³/mol. The third kappa shape index (κ3) is 4.55. The fraction of sp³-hybridized carbons (Fsp3) is 0.353. The van der Waals surface area contributed by atoms with Gasteiger partial charge in [0.05, 0.1) is 23.5 Å². The molecule has 0 radical (unpaired) electrons. The van der Waals surface area contributed by atoms with E-state index >= 15 is 0 Å². The molecule has 144 valence electrons. The maximum atomic E-state index is 13.3. The highest BCUT2D eigenvalue weighted by Gasteiger charge is 2.33. The molecule has 10 heteroatoms. The predicted octanol–water partition coefficient (Wildman–Crippen LogP) is 1.00. The number of benzene rings is 1. The average molecular weight is 396 g/mol. The number of rotatable bonds is 7. The molecule has 2 aromatic rings. The number of aliphatic hydroxyl groups is 1. The van der Waals surface area contributed by atoms with Crippen molar-refractivity contribution in [1.29, 1.82) is 0 Å². The largest absolute Gasteiger partial charge is 0.395 e. The lowest BCUT2D eigenvalue weighted by Crippen LogP contribution is -2.33. The summed E-state index contributed by atoms with van der Waals surface area (Å²) in [7, 11) is 0. The summed E-state index contributed by atoms with van der Waals surface area (Å²) in [6.07, 6.45) is 3.73. The van der Waals surface area contributed by atoms with Crippen LogP contribution in [0.5, 0.6) is 0 Å². The Balaban J connectivity index is 1.59. The first-order chi connectivity index (χ1) is 13.0. The van der Waals surface area contributed by atoms with Gasteiger partial charge in [-0.3, -0.25) is 14.3 Å². The van der Waals surface area contributed by atoms with Crippen LogP contribution in [0.3, 0.4) is 0 Å². The van der Waals surface area contributed by atoms with Crippen molar-refractivity contribution >= 4 is 34.8 Å². The van der Waals surface area contributed by atoms with Gasteiger partial charge in [-0.15, -0.1) is 0 Å².